The van der Waals surface area contributed by atoms with Crippen LogP contribution in [0.4, 0.5) is 0 Å². The zero-order chi connectivity index (χ0) is 5.98. The molecule has 0 aromatic carbocycles. The van der Waals surface area contributed by atoms with Crippen molar-refractivity contribution in [2.45, 2.75) is 19.3 Å². The Labute approximate surface area is 60.6 Å². The third-order valence-corrected chi connectivity index (χ3v) is 2.30. The van der Waals surface area contributed by atoms with E-state index in [0.717, 1.165) is 18.0 Å². The van der Waals surface area contributed by atoms with Gasteiger partial charge in [0.1, 0.15) is 0 Å². The van der Waals surface area contributed by atoms with Gasteiger partial charge in [0.05, 0.1) is 4.99 Å². The number of piperidine rings is 1. The second-order valence-corrected chi connectivity index (χ2v) is 2.93. The van der Waals surface area contributed by atoms with Crippen LogP contribution in [0.1, 0.15) is 19.3 Å². The fraction of sp³-hybridized carbons (Fsp3) is 0.800. The number of thiol groups is 1. The maximum Gasteiger partial charge on any atom is 0.0876 e. The second-order valence-electron chi connectivity index (χ2n) is 1.97. The summed E-state index contributed by atoms with van der Waals surface area (Å²) in [6.07, 6.45) is 3.54. The summed E-state index contributed by atoms with van der Waals surface area (Å²) < 4.78 is 1.86. The van der Waals surface area contributed by atoms with Crippen molar-refractivity contribution in [2.24, 2.45) is 0 Å². The Morgan fingerprint density at radius 1 is 1.50 bits per heavy atom. The monoisotopic (exact) mass is 147 g/mol. The normalized spacial score (nSPS) is 21.6. The first-order valence-electron chi connectivity index (χ1n) is 2.80. The molecule has 0 spiro atoms. The lowest BCUT2D eigenvalue weighted by Gasteiger charge is -2.22. The van der Waals surface area contributed by atoms with Gasteiger partial charge in [-0.3, -0.25) is 0 Å². The fourth-order valence-corrected chi connectivity index (χ4v) is 1.27. The molecule has 0 atom stereocenters. The molecule has 0 aliphatic carbocycles. The van der Waals surface area contributed by atoms with Gasteiger partial charge in [-0.25, -0.2) is 0 Å². The maximum absolute atomic E-state index is 4.98. The van der Waals surface area contributed by atoms with E-state index in [4.69, 9.17) is 12.2 Å². The predicted octanol–water partition coefficient (Wildman–Crippen LogP) is 1.64. The highest BCUT2D eigenvalue weighted by atomic mass is 32.1. The minimum atomic E-state index is 1.000. The molecule has 0 unspecified atom stereocenters. The maximum atomic E-state index is 4.98. The van der Waals surface area contributed by atoms with E-state index in [0.29, 0.717) is 0 Å². The highest BCUT2D eigenvalue weighted by molar-refractivity contribution is 7.84. The lowest BCUT2D eigenvalue weighted by molar-refractivity contribution is 0.561. The van der Waals surface area contributed by atoms with Crippen molar-refractivity contribution in [2.75, 3.05) is 6.54 Å². The molecule has 1 saturated heterocycles. The highest BCUT2D eigenvalue weighted by Gasteiger charge is 2.09. The number of rotatable bonds is 0. The lowest BCUT2D eigenvalue weighted by atomic mass is 10.2. The minimum Gasteiger partial charge on any atom is -0.313 e. The van der Waals surface area contributed by atoms with E-state index in [2.05, 4.69) is 12.8 Å². The molecular weight excluding hydrogens is 138 g/mol. The highest BCUT2D eigenvalue weighted by Crippen LogP contribution is 2.12. The molecule has 0 aromatic heterocycles. The zero-order valence-corrected chi connectivity index (χ0v) is 6.34. The summed E-state index contributed by atoms with van der Waals surface area (Å²) in [5, 5.41) is 0. The Hall–Kier alpha value is 0.240. The Morgan fingerprint density at radius 3 is 2.62 bits per heavy atom. The molecule has 1 heterocycles. The van der Waals surface area contributed by atoms with Gasteiger partial charge in [-0.15, -0.1) is 0 Å². The molecule has 3 heteroatoms. The van der Waals surface area contributed by atoms with Gasteiger partial charge in [0.25, 0.3) is 0 Å². The predicted molar refractivity (Wildman–Crippen MR) is 42.1 cm³/mol. The zero-order valence-electron chi connectivity index (χ0n) is 4.63. The molecule has 1 aliphatic heterocycles. The summed E-state index contributed by atoms with van der Waals surface area (Å²) in [7, 11) is 0. The van der Waals surface area contributed by atoms with Crippen molar-refractivity contribution in [1.29, 1.82) is 0 Å². The minimum absolute atomic E-state index is 1.000. The molecule has 1 rings (SSSR count). The van der Waals surface area contributed by atoms with Gasteiger partial charge < -0.3 is 4.31 Å². The first kappa shape index (κ1) is 6.36. The molecule has 0 radical (unpaired) electrons. The summed E-state index contributed by atoms with van der Waals surface area (Å²) in [5.74, 6) is 0. The summed E-state index contributed by atoms with van der Waals surface area (Å²) in [6, 6.07) is 0. The molecule has 0 N–H and O–H groups in total. The molecule has 1 nitrogen and oxygen atoms in total. The van der Waals surface area contributed by atoms with Crippen LogP contribution < -0.4 is 0 Å². The van der Waals surface area contributed by atoms with E-state index in [1.165, 1.54) is 12.8 Å². The average molecular weight is 147 g/mol. The molecule has 0 saturated carbocycles. The van der Waals surface area contributed by atoms with Crippen LogP contribution in [-0.2, 0) is 0 Å². The molecule has 46 valence electrons. The van der Waals surface area contributed by atoms with Crippen LogP contribution in [0.15, 0.2) is 0 Å². The van der Waals surface area contributed by atoms with Crippen molar-refractivity contribution < 1.29 is 0 Å². The van der Waals surface area contributed by atoms with Crippen LogP contribution >= 0.6 is 25.0 Å². The Bertz CT molecular complexity index is 103. The largest absolute Gasteiger partial charge is 0.313 e. The molecule has 1 aliphatic rings. The number of thiocarbonyl (C=S) groups is 1. The molecule has 0 amide bonds. The van der Waals surface area contributed by atoms with Gasteiger partial charge in [0.2, 0.25) is 0 Å². The topological polar surface area (TPSA) is 3.24 Å². The van der Waals surface area contributed by atoms with Gasteiger partial charge in [-0.05, 0) is 19.3 Å². The van der Waals surface area contributed by atoms with Gasteiger partial charge in [0.15, 0.2) is 0 Å². The van der Waals surface area contributed by atoms with Crippen molar-refractivity contribution in [3.05, 3.63) is 0 Å². The van der Waals surface area contributed by atoms with Gasteiger partial charge in [0, 0.05) is 6.54 Å². The van der Waals surface area contributed by atoms with Crippen LogP contribution in [0, 0.1) is 0 Å². The van der Waals surface area contributed by atoms with E-state index < -0.39 is 0 Å². The third-order valence-electron chi connectivity index (χ3n) is 1.30. The Kier molecular flexibility index (Phi) is 2.14. The molecular formula is C5H9NS2. The van der Waals surface area contributed by atoms with Gasteiger partial charge in [-0.1, -0.05) is 25.0 Å². The Balaban J connectivity index is 2.39. The number of nitrogens with zero attached hydrogens (tertiary/aromatic N) is 1. The summed E-state index contributed by atoms with van der Waals surface area (Å²) in [4.78, 5) is 1.000. The van der Waals surface area contributed by atoms with Crippen molar-refractivity contribution in [3.8, 4) is 0 Å². The first-order chi connectivity index (χ1) is 3.80. The smallest absolute Gasteiger partial charge is 0.0876 e. The molecule has 0 aromatic rings. The Morgan fingerprint density at radius 2 is 2.25 bits per heavy atom. The van der Waals surface area contributed by atoms with Crippen LogP contribution in [0.3, 0.4) is 0 Å². The van der Waals surface area contributed by atoms with Crippen molar-refractivity contribution >= 4 is 30.0 Å². The molecule has 0 bridgehead atoms. The second kappa shape index (κ2) is 2.69. The van der Waals surface area contributed by atoms with Crippen molar-refractivity contribution in [1.82, 2.24) is 4.31 Å². The van der Waals surface area contributed by atoms with E-state index in [1.54, 1.807) is 0 Å². The SMILES string of the molecule is S=C1CCCCN1S. The van der Waals surface area contributed by atoms with E-state index in [-0.39, 0.29) is 0 Å². The summed E-state index contributed by atoms with van der Waals surface area (Å²) in [5.41, 5.74) is 0. The van der Waals surface area contributed by atoms with E-state index in [9.17, 15) is 0 Å². The fourth-order valence-electron chi connectivity index (χ4n) is 0.792. The van der Waals surface area contributed by atoms with Crippen LogP contribution in [0.25, 0.3) is 0 Å². The van der Waals surface area contributed by atoms with Crippen LogP contribution in [0.2, 0.25) is 0 Å². The van der Waals surface area contributed by atoms with Crippen LogP contribution in [-0.4, -0.2) is 15.8 Å². The van der Waals surface area contributed by atoms with Crippen molar-refractivity contribution in [3.63, 3.8) is 0 Å². The van der Waals surface area contributed by atoms with E-state index >= 15 is 0 Å². The van der Waals surface area contributed by atoms with Gasteiger partial charge in [-0.2, -0.15) is 0 Å². The quantitative estimate of drug-likeness (QED) is 0.410. The average Bonchev–Trinajstić information content (AvgIpc) is 1.77. The third kappa shape index (κ3) is 1.36. The summed E-state index contributed by atoms with van der Waals surface area (Å²) >= 11 is 9.13. The molecule has 8 heavy (non-hydrogen) atoms. The lowest BCUT2D eigenvalue weighted by Crippen LogP contribution is -2.24. The van der Waals surface area contributed by atoms with E-state index in [1.807, 2.05) is 4.31 Å². The number of hydrogen-bond acceptors (Lipinski definition) is 2. The molecule has 1 fully saturated rings. The van der Waals surface area contributed by atoms with Gasteiger partial charge >= 0.3 is 0 Å². The summed E-state index contributed by atoms with van der Waals surface area (Å²) in [6.45, 7) is 1.03. The first-order valence-corrected chi connectivity index (χ1v) is 3.61. The van der Waals surface area contributed by atoms with Crippen LogP contribution in [0.5, 0.6) is 0 Å². The standard InChI is InChI=1S/C5H9NS2/c7-5-3-1-2-4-6(5)8/h8H,1-4H2. The number of hydrogen-bond donors (Lipinski definition) is 1.